The number of anilines is 4. The van der Waals surface area contributed by atoms with Crippen molar-refractivity contribution in [3.05, 3.63) is 178 Å². The second kappa shape index (κ2) is 16.1. The van der Waals surface area contributed by atoms with Crippen LogP contribution in [-0.2, 0) is 13.1 Å². The molecule has 8 heteroatoms. The van der Waals surface area contributed by atoms with E-state index in [1.54, 1.807) is 42.5 Å². The summed E-state index contributed by atoms with van der Waals surface area (Å²) in [6.07, 6.45) is 0. The van der Waals surface area contributed by atoms with Crippen LogP contribution in [0, 0.1) is 63.2 Å². The van der Waals surface area contributed by atoms with Crippen molar-refractivity contribution in [2.45, 2.75) is 13.1 Å². The molecule has 0 fully saturated rings. The van der Waals surface area contributed by atoms with E-state index in [-0.39, 0.29) is 22.4 Å². The molecule has 0 aliphatic rings. The van der Waals surface area contributed by atoms with Crippen molar-refractivity contribution < 1.29 is 0 Å². The summed E-state index contributed by atoms with van der Waals surface area (Å²) in [6, 6.07) is 52.1. The van der Waals surface area contributed by atoms with E-state index in [1.807, 2.05) is 97.1 Å². The molecule has 0 aliphatic heterocycles. The van der Waals surface area contributed by atoms with Crippen molar-refractivity contribution in [3.8, 4) is 30.3 Å². The van der Waals surface area contributed by atoms with Gasteiger partial charge in [0.25, 0.3) is 5.70 Å². The van der Waals surface area contributed by atoms with E-state index in [1.165, 1.54) is 0 Å². The number of para-hydroxylation sites is 2. The molecule has 0 amide bonds. The number of allylic oxidation sites excluding steroid dienone is 4. The van der Waals surface area contributed by atoms with Gasteiger partial charge in [-0.15, -0.1) is 0 Å². The second-order valence-electron chi connectivity index (χ2n) is 10.9. The van der Waals surface area contributed by atoms with E-state index in [0.717, 1.165) is 33.9 Å². The number of rotatable bonds is 10. The summed E-state index contributed by atoms with van der Waals surface area (Å²) in [7, 11) is 0. The van der Waals surface area contributed by atoms with Crippen LogP contribution in [0.3, 0.4) is 0 Å². The van der Waals surface area contributed by atoms with E-state index >= 15 is 0 Å². The molecule has 0 saturated heterocycles. The van der Waals surface area contributed by atoms with Crippen LogP contribution in [0.25, 0.3) is 16.0 Å². The third kappa shape index (κ3) is 7.56. The summed E-state index contributed by atoms with van der Waals surface area (Å²) < 4.78 is 0. The second-order valence-corrected chi connectivity index (χ2v) is 10.9. The van der Waals surface area contributed by atoms with Gasteiger partial charge in [-0.1, -0.05) is 84.9 Å². The van der Waals surface area contributed by atoms with Gasteiger partial charge < -0.3 is 9.80 Å². The van der Waals surface area contributed by atoms with Crippen molar-refractivity contribution in [1.82, 2.24) is 0 Å². The summed E-state index contributed by atoms with van der Waals surface area (Å²) in [4.78, 5) is 7.50. The molecule has 0 N–H and O–H groups in total. The van der Waals surface area contributed by atoms with E-state index in [0.29, 0.717) is 24.2 Å². The van der Waals surface area contributed by atoms with Gasteiger partial charge in [0.15, 0.2) is 0 Å². The van der Waals surface area contributed by atoms with Gasteiger partial charge in [0, 0.05) is 35.8 Å². The van der Waals surface area contributed by atoms with Crippen LogP contribution >= 0.6 is 0 Å². The first kappa shape index (κ1) is 33.5. The van der Waals surface area contributed by atoms with Crippen molar-refractivity contribution >= 4 is 33.9 Å². The smallest absolute Gasteiger partial charge is 0.279 e. The minimum Gasteiger partial charge on any atom is -0.337 e. The highest BCUT2D eigenvalue weighted by Crippen LogP contribution is 2.32. The Kier molecular flexibility index (Phi) is 10.8. The number of hydrogen-bond donors (Lipinski definition) is 0. The zero-order valence-electron chi connectivity index (χ0n) is 26.7. The van der Waals surface area contributed by atoms with Gasteiger partial charge in [-0.25, -0.2) is 10.1 Å². The van der Waals surface area contributed by atoms with Crippen molar-refractivity contribution in [2.24, 2.45) is 0 Å². The number of nitriles is 5. The Hall–Kier alpha value is -7.88. The van der Waals surface area contributed by atoms with E-state index in [9.17, 15) is 26.3 Å². The summed E-state index contributed by atoms with van der Waals surface area (Å²) in [6.45, 7) is 8.35. The van der Waals surface area contributed by atoms with Gasteiger partial charge in [-0.05, 0) is 70.8 Å². The fourth-order valence-electron chi connectivity index (χ4n) is 5.40. The highest BCUT2D eigenvalue weighted by atomic mass is 15.1. The fraction of sp³-hybridized carbons (Fsp3) is 0.0476. The molecule has 0 spiro atoms. The van der Waals surface area contributed by atoms with Gasteiger partial charge in [0.05, 0.1) is 29.9 Å². The Morgan fingerprint density at radius 3 is 1.18 bits per heavy atom. The molecule has 5 rings (SSSR count). The molecule has 0 radical (unpaired) electrons. The van der Waals surface area contributed by atoms with E-state index < -0.39 is 0 Å². The zero-order chi connectivity index (χ0) is 35.3. The number of hydrogen-bond acceptors (Lipinski definition) is 7. The molecule has 0 heterocycles. The van der Waals surface area contributed by atoms with Crippen LogP contribution < -0.4 is 9.80 Å². The molecule has 0 unspecified atom stereocenters. The van der Waals surface area contributed by atoms with Gasteiger partial charge >= 0.3 is 0 Å². The third-order valence-corrected chi connectivity index (χ3v) is 7.93. The summed E-state index contributed by atoms with van der Waals surface area (Å²) >= 11 is 0. The van der Waals surface area contributed by atoms with Crippen LogP contribution in [-0.4, -0.2) is 0 Å². The minimum absolute atomic E-state index is 0.0425. The van der Waals surface area contributed by atoms with Crippen LogP contribution in [0.1, 0.15) is 22.3 Å². The minimum atomic E-state index is -0.238. The molecule has 5 aromatic carbocycles. The highest BCUT2D eigenvalue weighted by Gasteiger charge is 2.16. The SMILES string of the molecule is [C-]#[N+]/C(C#N)=C(/C#N)c1ccc(N(Cc2ccc(CN(c3ccccc3)c3ccc(C(C#N)=C(C#N)C#N)cc3)cc2)c2ccccc2)cc1. The van der Waals surface area contributed by atoms with Crippen molar-refractivity contribution in [3.63, 3.8) is 0 Å². The first-order valence-corrected chi connectivity index (χ1v) is 15.3. The summed E-state index contributed by atoms with van der Waals surface area (Å²) in [5, 5.41) is 47.0. The van der Waals surface area contributed by atoms with Gasteiger partial charge in [0.1, 0.15) is 23.8 Å². The van der Waals surface area contributed by atoms with Crippen molar-refractivity contribution in [1.29, 1.82) is 26.3 Å². The Balaban J connectivity index is 1.42. The third-order valence-electron chi connectivity index (χ3n) is 7.93. The number of nitrogens with zero attached hydrogens (tertiary/aromatic N) is 8. The monoisotopic (exact) mass is 642 g/mol. The molecule has 234 valence electrons. The molecular weight excluding hydrogens is 617 g/mol. The standard InChI is InChI=1S/C42H26N8/c1-48-42(28-47)41(27-46)34-18-22-39(23-19-34)50(37-10-6-3-7-11-37)30-32-14-12-31(13-15-32)29-49(36-8-4-2-5-9-36)38-20-16-33(17-21-38)40(26-45)35(24-43)25-44/h2-23H,29-30H2/b42-41-. The van der Waals surface area contributed by atoms with Crippen LogP contribution in [0.4, 0.5) is 22.7 Å². The van der Waals surface area contributed by atoms with E-state index in [4.69, 9.17) is 6.57 Å². The van der Waals surface area contributed by atoms with Gasteiger partial charge in [-0.3, -0.25) is 0 Å². The van der Waals surface area contributed by atoms with Crippen LogP contribution in [0.15, 0.2) is 145 Å². The molecule has 5 aromatic rings. The predicted molar refractivity (Wildman–Crippen MR) is 192 cm³/mol. The highest BCUT2D eigenvalue weighted by molar-refractivity contribution is 5.85. The lowest BCUT2D eigenvalue weighted by molar-refractivity contribution is 0.954. The predicted octanol–water partition coefficient (Wildman–Crippen LogP) is 9.37. The summed E-state index contributed by atoms with van der Waals surface area (Å²) in [5.74, 6) is 0. The molecule has 0 bridgehead atoms. The molecular formula is C42H26N8. The Morgan fingerprint density at radius 2 is 0.840 bits per heavy atom. The molecule has 0 aliphatic carbocycles. The van der Waals surface area contributed by atoms with Gasteiger partial charge in [0.2, 0.25) is 0 Å². The fourth-order valence-corrected chi connectivity index (χ4v) is 5.40. The summed E-state index contributed by atoms with van der Waals surface area (Å²) in [5.41, 5.74) is 6.48. The Labute approximate surface area is 291 Å². The first-order valence-electron chi connectivity index (χ1n) is 15.3. The normalized spacial score (nSPS) is 10.4. The maximum absolute atomic E-state index is 9.60. The van der Waals surface area contributed by atoms with E-state index in [2.05, 4.69) is 38.9 Å². The molecule has 0 atom stereocenters. The lowest BCUT2D eigenvalue weighted by Crippen LogP contribution is -2.17. The van der Waals surface area contributed by atoms with Crippen molar-refractivity contribution in [2.75, 3.05) is 9.80 Å². The first-order chi connectivity index (χ1) is 24.5. The Bertz CT molecular complexity index is 2100. The average molecular weight is 643 g/mol. The van der Waals surface area contributed by atoms with Crippen LogP contribution in [0.5, 0.6) is 0 Å². The molecule has 8 nitrogen and oxygen atoms in total. The quantitative estimate of drug-likeness (QED) is 0.110. The maximum atomic E-state index is 9.60. The average Bonchev–Trinajstić information content (AvgIpc) is 3.18. The molecule has 0 saturated carbocycles. The molecule has 50 heavy (non-hydrogen) atoms. The largest absolute Gasteiger partial charge is 0.337 e. The van der Waals surface area contributed by atoms with Gasteiger partial charge in [-0.2, -0.15) is 21.0 Å². The molecule has 0 aromatic heterocycles. The van der Waals surface area contributed by atoms with Crippen LogP contribution in [0.2, 0.25) is 0 Å². The zero-order valence-corrected chi connectivity index (χ0v) is 26.7. The lowest BCUT2D eigenvalue weighted by atomic mass is 10.0. The lowest BCUT2D eigenvalue weighted by Gasteiger charge is -2.27. The number of benzene rings is 5. The maximum Gasteiger partial charge on any atom is 0.279 e. The topological polar surface area (TPSA) is 130 Å². The Morgan fingerprint density at radius 1 is 0.460 bits per heavy atom.